The lowest BCUT2D eigenvalue weighted by molar-refractivity contribution is 0.278. The van der Waals surface area contributed by atoms with Gasteiger partial charge in [0.15, 0.2) is 0 Å². The Kier molecular flexibility index (Phi) is 4.00. The zero-order valence-corrected chi connectivity index (χ0v) is 12.1. The van der Waals surface area contributed by atoms with Gasteiger partial charge in [0.2, 0.25) is 0 Å². The molecule has 1 aromatic rings. The highest BCUT2D eigenvalue weighted by molar-refractivity contribution is 7.09. The van der Waals surface area contributed by atoms with Crippen LogP contribution in [0, 0.1) is 17.8 Å². The average Bonchev–Trinajstić information content (AvgIpc) is 3.05. The van der Waals surface area contributed by atoms with Gasteiger partial charge in [-0.15, -0.1) is 11.3 Å². The Hall–Kier alpha value is -0.410. The number of fused-ring (bicyclic) bond motifs is 2. The maximum absolute atomic E-state index is 4.20. The molecule has 2 fully saturated rings. The van der Waals surface area contributed by atoms with Gasteiger partial charge in [-0.25, -0.2) is 0 Å². The predicted octanol–water partition coefficient (Wildman–Crippen LogP) is 3.49. The van der Waals surface area contributed by atoms with E-state index < -0.39 is 0 Å². The van der Waals surface area contributed by atoms with Crippen LogP contribution in [-0.2, 0) is 6.42 Å². The molecule has 100 valence electrons. The number of aromatic nitrogens is 1. The highest BCUT2D eigenvalue weighted by Gasteiger charge is 2.39. The normalized spacial score (nSPS) is 31.9. The molecule has 2 aliphatic rings. The molecule has 2 nitrogen and oxygen atoms in total. The molecule has 18 heavy (non-hydrogen) atoms. The quantitative estimate of drug-likeness (QED) is 0.851. The Morgan fingerprint density at radius 1 is 1.44 bits per heavy atom. The molecule has 0 amide bonds. The van der Waals surface area contributed by atoms with Crippen LogP contribution in [0.5, 0.6) is 0 Å². The van der Waals surface area contributed by atoms with E-state index in [-0.39, 0.29) is 0 Å². The number of likely N-dealkylation sites (N-methyl/N-ethyl adjacent to an activating group) is 1. The lowest BCUT2D eigenvalue weighted by atomic mass is 9.83. The zero-order valence-electron chi connectivity index (χ0n) is 11.3. The fraction of sp³-hybridized carbons (Fsp3) is 0.800. The zero-order chi connectivity index (χ0) is 12.4. The first-order chi connectivity index (χ1) is 8.85. The molecule has 1 heterocycles. The van der Waals surface area contributed by atoms with E-state index in [4.69, 9.17) is 0 Å². The third kappa shape index (κ3) is 2.77. The lowest BCUT2D eigenvalue weighted by Gasteiger charge is -2.27. The molecule has 3 rings (SSSR count). The molecule has 1 aromatic heterocycles. The largest absolute Gasteiger partial charge is 0.314 e. The van der Waals surface area contributed by atoms with Gasteiger partial charge in [-0.3, -0.25) is 4.98 Å². The number of thiazole rings is 1. The van der Waals surface area contributed by atoms with Crippen molar-refractivity contribution in [3.63, 3.8) is 0 Å². The van der Waals surface area contributed by atoms with Crippen molar-refractivity contribution in [2.24, 2.45) is 17.8 Å². The molecule has 0 spiro atoms. The van der Waals surface area contributed by atoms with Crippen molar-refractivity contribution in [1.82, 2.24) is 10.3 Å². The molecule has 2 bridgehead atoms. The summed E-state index contributed by atoms with van der Waals surface area (Å²) in [6, 6.07) is 0.666. The smallest absolute Gasteiger partial charge is 0.0794 e. The highest BCUT2D eigenvalue weighted by atomic mass is 32.1. The van der Waals surface area contributed by atoms with E-state index in [0.29, 0.717) is 6.04 Å². The first-order valence-corrected chi connectivity index (χ1v) is 8.34. The molecular weight excluding hydrogens is 240 g/mol. The Morgan fingerprint density at radius 2 is 2.39 bits per heavy atom. The van der Waals surface area contributed by atoms with Crippen molar-refractivity contribution in [2.45, 2.75) is 51.5 Å². The summed E-state index contributed by atoms with van der Waals surface area (Å²) in [7, 11) is 0. The van der Waals surface area contributed by atoms with Gasteiger partial charge >= 0.3 is 0 Å². The van der Waals surface area contributed by atoms with Gasteiger partial charge in [-0.05, 0) is 56.4 Å². The summed E-state index contributed by atoms with van der Waals surface area (Å²) in [5.74, 6) is 3.13. The van der Waals surface area contributed by atoms with E-state index >= 15 is 0 Å². The minimum Gasteiger partial charge on any atom is -0.314 e. The second kappa shape index (κ2) is 5.70. The van der Waals surface area contributed by atoms with Crippen LogP contribution in [0.2, 0.25) is 0 Å². The maximum atomic E-state index is 4.20. The van der Waals surface area contributed by atoms with Gasteiger partial charge in [-0.1, -0.05) is 13.3 Å². The molecule has 0 saturated heterocycles. The summed E-state index contributed by atoms with van der Waals surface area (Å²) in [5.41, 5.74) is 1.95. The van der Waals surface area contributed by atoms with Crippen molar-refractivity contribution in [3.8, 4) is 0 Å². The van der Waals surface area contributed by atoms with Crippen LogP contribution in [0.1, 0.15) is 43.9 Å². The van der Waals surface area contributed by atoms with Gasteiger partial charge in [0.1, 0.15) is 0 Å². The summed E-state index contributed by atoms with van der Waals surface area (Å²) in [4.78, 5) is 5.63. The average molecular weight is 264 g/mol. The van der Waals surface area contributed by atoms with Crippen molar-refractivity contribution in [2.75, 3.05) is 6.54 Å². The Balaban J connectivity index is 1.56. The first-order valence-electron chi connectivity index (χ1n) is 7.46. The molecule has 0 aliphatic heterocycles. The van der Waals surface area contributed by atoms with Gasteiger partial charge in [-0.2, -0.15) is 0 Å². The fourth-order valence-electron chi connectivity index (χ4n) is 4.14. The third-order valence-electron chi connectivity index (χ3n) is 4.90. The Bertz CT molecular complexity index is 363. The van der Waals surface area contributed by atoms with E-state index in [1.54, 1.807) is 11.3 Å². The first kappa shape index (κ1) is 12.6. The number of rotatable bonds is 6. The van der Waals surface area contributed by atoms with Crippen LogP contribution >= 0.6 is 11.3 Å². The number of hydrogen-bond donors (Lipinski definition) is 1. The minimum absolute atomic E-state index is 0.666. The maximum Gasteiger partial charge on any atom is 0.0794 e. The predicted molar refractivity (Wildman–Crippen MR) is 76.8 cm³/mol. The molecule has 3 heteroatoms. The van der Waals surface area contributed by atoms with E-state index in [0.717, 1.165) is 24.3 Å². The molecule has 4 atom stereocenters. The number of nitrogens with one attached hydrogen (secondary N) is 1. The Labute approximate surface area is 114 Å². The minimum atomic E-state index is 0.666. The number of hydrogen-bond acceptors (Lipinski definition) is 3. The van der Waals surface area contributed by atoms with Gasteiger partial charge in [0.25, 0.3) is 0 Å². The van der Waals surface area contributed by atoms with Crippen molar-refractivity contribution in [1.29, 1.82) is 0 Å². The van der Waals surface area contributed by atoms with Gasteiger partial charge in [0.05, 0.1) is 5.51 Å². The third-order valence-corrected chi connectivity index (χ3v) is 5.70. The van der Waals surface area contributed by atoms with Crippen LogP contribution in [0.3, 0.4) is 0 Å². The highest BCUT2D eigenvalue weighted by Crippen LogP contribution is 2.50. The molecule has 4 unspecified atom stereocenters. The summed E-state index contributed by atoms with van der Waals surface area (Å²) in [6.07, 6.45) is 10.7. The van der Waals surface area contributed by atoms with Crippen LogP contribution in [0.15, 0.2) is 11.7 Å². The van der Waals surface area contributed by atoms with Crippen LogP contribution < -0.4 is 5.32 Å². The molecule has 1 N–H and O–H groups in total. The lowest BCUT2D eigenvalue weighted by Crippen LogP contribution is -2.34. The van der Waals surface area contributed by atoms with Gasteiger partial charge in [0, 0.05) is 17.1 Å². The second-order valence-corrected chi connectivity index (χ2v) is 7.07. The summed E-state index contributed by atoms with van der Waals surface area (Å²) in [6.45, 7) is 3.31. The van der Waals surface area contributed by atoms with Crippen LogP contribution in [-0.4, -0.2) is 17.6 Å². The molecule has 0 aromatic carbocycles. The topological polar surface area (TPSA) is 24.9 Å². The molecular formula is C15H24N2S. The summed E-state index contributed by atoms with van der Waals surface area (Å²) in [5, 5.41) is 3.69. The van der Waals surface area contributed by atoms with Crippen LogP contribution in [0.25, 0.3) is 0 Å². The van der Waals surface area contributed by atoms with E-state index in [2.05, 4.69) is 17.2 Å². The van der Waals surface area contributed by atoms with Crippen molar-refractivity contribution < 1.29 is 0 Å². The van der Waals surface area contributed by atoms with E-state index in [9.17, 15) is 0 Å². The summed E-state index contributed by atoms with van der Waals surface area (Å²) < 4.78 is 0. The van der Waals surface area contributed by atoms with E-state index in [1.165, 1.54) is 43.4 Å². The molecule has 2 saturated carbocycles. The SMILES string of the molecule is CCNC(Cc1cncs1)CC1CC2CCC1C2. The second-order valence-electron chi connectivity index (χ2n) is 6.10. The van der Waals surface area contributed by atoms with Crippen molar-refractivity contribution in [3.05, 3.63) is 16.6 Å². The molecule has 0 radical (unpaired) electrons. The van der Waals surface area contributed by atoms with Crippen molar-refractivity contribution >= 4 is 11.3 Å². The monoisotopic (exact) mass is 264 g/mol. The molecule has 2 aliphatic carbocycles. The van der Waals surface area contributed by atoms with E-state index in [1.807, 2.05) is 11.7 Å². The fourth-order valence-corrected chi connectivity index (χ4v) is 4.82. The van der Waals surface area contributed by atoms with Gasteiger partial charge < -0.3 is 5.32 Å². The summed E-state index contributed by atoms with van der Waals surface area (Å²) >= 11 is 1.80. The number of nitrogens with zero attached hydrogens (tertiary/aromatic N) is 1. The standard InChI is InChI=1S/C15H24N2S/c1-2-17-14(8-15-9-16-10-18-15)7-13-6-11-3-4-12(13)5-11/h9-14,17H,2-8H2,1H3. The van der Waals surface area contributed by atoms with Crippen LogP contribution in [0.4, 0.5) is 0 Å². The Morgan fingerprint density at radius 3 is 3.00 bits per heavy atom.